The highest BCUT2D eigenvalue weighted by Crippen LogP contribution is 2.25. The van der Waals surface area contributed by atoms with Crippen molar-refractivity contribution in [1.82, 2.24) is 8.87 Å². The maximum absolute atomic E-state index is 12.8. The van der Waals surface area contributed by atoms with Gasteiger partial charge in [0.05, 0.1) is 26.7 Å². The Hall–Kier alpha value is -2.04. The van der Waals surface area contributed by atoms with E-state index in [1.807, 2.05) is 23.6 Å². The minimum absolute atomic E-state index is 0.149. The normalized spacial score (nSPS) is 12.7. The number of benzene rings is 2. The van der Waals surface area contributed by atoms with Crippen LogP contribution in [0.1, 0.15) is 30.1 Å². The molecule has 3 aromatic rings. The van der Waals surface area contributed by atoms with Gasteiger partial charge in [0.15, 0.2) is 4.80 Å². The van der Waals surface area contributed by atoms with Crippen molar-refractivity contribution in [2.75, 3.05) is 27.3 Å². The van der Waals surface area contributed by atoms with Crippen LogP contribution in [0.5, 0.6) is 0 Å². The molecule has 0 fully saturated rings. The van der Waals surface area contributed by atoms with Crippen LogP contribution in [0, 0.1) is 0 Å². The summed E-state index contributed by atoms with van der Waals surface area (Å²) >= 11 is 7.75. The zero-order valence-corrected chi connectivity index (χ0v) is 20.6. The Balaban J connectivity index is 1.93. The molecule has 0 aliphatic heterocycles. The van der Waals surface area contributed by atoms with Crippen LogP contribution in [0.4, 0.5) is 0 Å². The molecule has 1 aromatic heterocycles. The van der Waals surface area contributed by atoms with E-state index in [9.17, 15) is 13.2 Å². The van der Waals surface area contributed by atoms with Gasteiger partial charge in [0.1, 0.15) is 0 Å². The topological polar surface area (TPSA) is 81.0 Å². The number of fused-ring (bicyclic) bond motifs is 1. The Bertz CT molecular complexity index is 1260. The number of methoxy groups -OCH3 is 1. The molecule has 1 amide bonds. The molecule has 2 aromatic carbocycles. The van der Waals surface area contributed by atoms with Gasteiger partial charge in [-0.05, 0) is 42.8 Å². The van der Waals surface area contributed by atoms with Crippen LogP contribution in [-0.2, 0) is 21.3 Å². The highest BCUT2D eigenvalue weighted by atomic mass is 35.5. The van der Waals surface area contributed by atoms with E-state index in [2.05, 4.69) is 4.99 Å². The molecule has 32 heavy (non-hydrogen) atoms. The second-order valence-corrected chi connectivity index (χ2v) is 10.7. The number of sulfonamides is 1. The second kappa shape index (κ2) is 10.7. The average molecular weight is 496 g/mol. The van der Waals surface area contributed by atoms with Crippen LogP contribution in [0.3, 0.4) is 0 Å². The fraction of sp³-hybridized carbons (Fsp3) is 0.364. The summed E-state index contributed by atoms with van der Waals surface area (Å²) in [6.45, 7) is 3.39. The Morgan fingerprint density at radius 1 is 1.22 bits per heavy atom. The summed E-state index contributed by atoms with van der Waals surface area (Å²) in [7, 11) is -0.425. The van der Waals surface area contributed by atoms with Gasteiger partial charge in [0.25, 0.3) is 5.91 Å². The third-order valence-corrected chi connectivity index (χ3v) is 8.22. The zero-order valence-electron chi connectivity index (χ0n) is 18.2. The number of aromatic nitrogens is 1. The predicted molar refractivity (Wildman–Crippen MR) is 128 cm³/mol. The Morgan fingerprint density at radius 2 is 1.94 bits per heavy atom. The molecule has 172 valence electrons. The monoisotopic (exact) mass is 495 g/mol. The van der Waals surface area contributed by atoms with E-state index in [4.69, 9.17) is 16.3 Å². The minimum atomic E-state index is -3.59. The van der Waals surface area contributed by atoms with Crippen molar-refractivity contribution in [3.8, 4) is 0 Å². The zero-order chi connectivity index (χ0) is 23.3. The molecule has 3 rings (SSSR count). The van der Waals surface area contributed by atoms with Crippen LogP contribution in [0.25, 0.3) is 10.2 Å². The van der Waals surface area contributed by atoms with Gasteiger partial charge in [-0.1, -0.05) is 42.3 Å². The van der Waals surface area contributed by atoms with E-state index in [0.717, 1.165) is 23.1 Å². The van der Waals surface area contributed by atoms with Crippen molar-refractivity contribution >= 4 is 49.1 Å². The van der Waals surface area contributed by atoms with Crippen molar-refractivity contribution in [3.05, 3.63) is 57.9 Å². The number of ether oxygens (including phenoxy) is 1. The molecule has 0 saturated carbocycles. The van der Waals surface area contributed by atoms with E-state index in [1.165, 1.54) is 39.9 Å². The van der Waals surface area contributed by atoms with Gasteiger partial charge in [-0.3, -0.25) is 4.79 Å². The smallest absolute Gasteiger partial charge is 0.279 e. The summed E-state index contributed by atoms with van der Waals surface area (Å²) in [5, 5.41) is 0.575. The van der Waals surface area contributed by atoms with Gasteiger partial charge in [-0.15, -0.1) is 0 Å². The molecule has 7 nitrogen and oxygen atoms in total. The molecular weight excluding hydrogens is 470 g/mol. The molecule has 0 aliphatic rings. The summed E-state index contributed by atoms with van der Waals surface area (Å²) in [6.07, 6.45) is 1.69. The molecule has 0 bridgehead atoms. The minimum Gasteiger partial charge on any atom is -0.383 e. The van der Waals surface area contributed by atoms with Crippen molar-refractivity contribution in [2.24, 2.45) is 4.99 Å². The van der Waals surface area contributed by atoms with Crippen LogP contribution >= 0.6 is 22.9 Å². The third kappa shape index (κ3) is 5.29. The Labute approximate surface area is 197 Å². The van der Waals surface area contributed by atoms with Crippen LogP contribution < -0.4 is 4.80 Å². The number of unbranched alkanes of at least 4 members (excludes halogenated alkanes) is 1. The molecule has 0 atom stereocenters. The first-order valence-corrected chi connectivity index (χ1v) is 12.8. The first-order chi connectivity index (χ1) is 15.3. The molecule has 1 heterocycles. The number of nitrogens with zero attached hydrogens (tertiary/aromatic N) is 3. The van der Waals surface area contributed by atoms with Gasteiger partial charge < -0.3 is 9.30 Å². The first-order valence-electron chi connectivity index (χ1n) is 10.2. The number of para-hydroxylation sites is 1. The lowest BCUT2D eigenvalue weighted by molar-refractivity contribution is 0.0997. The van der Waals surface area contributed by atoms with E-state index in [-0.39, 0.29) is 4.90 Å². The number of amides is 1. The van der Waals surface area contributed by atoms with Gasteiger partial charge in [0.2, 0.25) is 10.0 Å². The summed E-state index contributed by atoms with van der Waals surface area (Å²) < 4.78 is 34.7. The van der Waals surface area contributed by atoms with Crippen LogP contribution in [-0.4, -0.2) is 50.5 Å². The van der Waals surface area contributed by atoms with Crippen molar-refractivity contribution in [1.29, 1.82) is 0 Å². The fourth-order valence-corrected chi connectivity index (χ4v) is 5.79. The molecule has 0 saturated heterocycles. The van der Waals surface area contributed by atoms with Gasteiger partial charge in [-0.25, -0.2) is 12.7 Å². The number of halogens is 1. The van der Waals surface area contributed by atoms with E-state index >= 15 is 0 Å². The summed E-state index contributed by atoms with van der Waals surface area (Å²) in [4.78, 5) is 17.8. The number of thiazole rings is 1. The second-order valence-electron chi connectivity index (χ2n) is 7.24. The molecule has 0 spiro atoms. The molecular formula is C22H26ClN3O4S2. The molecule has 0 N–H and O–H groups in total. The van der Waals surface area contributed by atoms with Gasteiger partial charge >= 0.3 is 0 Å². The number of rotatable bonds is 9. The summed E-state index contributed by atoms with van der Waals surface area (Å²) in [5.74, 6) is -0.456. The lowest BCUT2D eigenvalue weighted by atomic mass is 10.2. The number of hydrogen-bond donors (Lipinski definition) is 0. The summed E-state index contributed by atoms with van der Waals surface area (Å²) in [6, 6.07) is 11.4. The largest absolute Gasteiger partial charge is 0.383 e. The van der Waals surface area contributed by atoms with Crippen LogP contribution in [0.15, 0.2) is 52.4 Å². The quantitative estimate of drug-likeness (QED) is 0.446. The number of carbonyl (C=O) groups excluding carboxylic acids is 1. The number of hydrogen-bond acceptors (Lipinski definition) is 5. The van der Waals surface area contributed by atoms with E-state index < -0.39 is 15.9 Å². The van der Waals surface area contributed by atoms with E-state index in [0.29, 0.717) is 35.1 Å². The van der Waals surface area contributed by atoms with Gasteiger partial charge in [-0.2, -0.15) is 4.99 Å². The highest BCUT2D eigenvalue weighted by molar-refractivity contribution is 7.89. The standard InChI is InChI=1S/C22H26ClN3O4S2/c1-4-5-13-25(2)32(28,29)17-11-9-16(10-12-17)21(27)24-22-26(14-15-30-3)20-18(23)7-6-8-19(20)31-22/h6-12H,4-5,13-15H2,1-3H3. The molecule has 10 heteroatoms. The lowest BCUT2D eigenvalue weighted by Gasteiger charge is -2.16. The highest BCUT2D eigenvalue weighted by Gasteiger charge is 2.20. The Morgan fingerprint density at radius 3 is 2.59 bits per heavy atom. The Kier molecular flexibility index (Phi) is 8.24. The fourth-order valence-electron chi connectivity index (χ4n) is 3.16. The predicted octanol–water partition coefficient (Wildman–Crippen LogP) is 4.16. The maximum Gasteiger partial charge on any atom is 0.279 e. The van der Waals surface area contributed by atoms with Crippen LogP contribution in [0.2, 0.25) is 5.02 Å². The van der Waals surface area contributed by atoms with Crippen molar-refractivity contribution in [2.45, 2.75) is 31.2 Å². The average Bonchev–Trinajstić information content (AvgIpc) is 3.14. The molecule has 0 radical (unpaired) electrons. The molecule has 0 unspecified atom stereocenters. The summed E-state index contributed by atoms with van der Waals surface area (Å²) in [5.41, 5.74) is 1.11. The maximum atomic E-state index is 12.8. The van der Waals surface area contributed by atoms with E-state index in [1.54, 1.807) is 20.2 Å². The van der Waals surface area contributed by atoms with Crippen molar-refractivity contribution in [3.63, 3.8) is 0 Å². The van der Waals surface area contributed by atoms with Gasteiger partial charge in [0, 0.05) is 32.8 Å². The molecule has 0 aliphatic carbocycles. The lowest BCUT2D eigenvalue weighted by Crippen LogP contribution is -2.27. The van der Waals surface area contributed by atoms with Crippen molar-refractivity contribution < 1.29 is 17.9 Å². The SMILES string of the molecule is CCCCN(C)S(=O)(=O)c1ccc(C(=O)N=c2sc3cccc(Cl)c3n2CCOC)cc1. The third-order valence-electron chi connectivity index (χ3n) is 5.00. The first kappa shape index (κ1) is 24.6. The number of carbonyl (C=O) groups is 1.